The Morgan fingerprint density at radius 2 is 0.826 bits per heavy atom. The molecule has 0 bridgehead atoms. The van der Waals surface area contributed by atoms with Crippen molar-refractivity contribution in [1.82, 2.24) is 9.13 Å². The molecule has 0 atom stereocenters. The van der Waals surface area contributed by atoms with E-state index >= 15 is 0 Å². The van der Waals surface area contributed by atoms with Gasteiger partial charge in [0.25, 0.3) is 0 Å². The number of hydrogen-bond donors (Lipinski definition) is 0. The summed E-state index contributed by atoms with van der Waals surface area (Å²) in [5.41, 5.74) is 12.6. The first kappa shape index (κ1) is 25.3. The molecule has 216 valence electrons. The van der Waals surface area contributed by atoms with Gasteiger partial charge < -0.3 is 13.6 Å². The summed E-state index contributed by atoms with van der Waals surface area (Å²) < 4.78 is 11.1. The van der Waals surface area contributed by atoms with E-state index in [1.54, 1.807) is 0 Å². The summed E-state index contributed by atoms with van der Waals surface area (Å²) in [6, 6.07) is 54.8. The van der Waals surface area contributed by atoms with Crippen LogP contribution in [0.5, 0.6) is 0 Å². The number of para-hydroxylation sites is 3. The van der Waals surface area contributed by atoms with Crippen LogP contribution in [0.1, 0.15) is 5.56 Å². The molecule has 0 saturated carbocycles. The Kier molecular flexibility index (Phi) is 5.20. The molecule has 3 aromatic heterocycles. The summed E-state index contributed by atoms with van der Waals surface area (Å²) in [4.78, 5) is 0. The van der Waals surface area contributed by atoms with Crippen molar-refractivity contribution in [1.29, 1.82) is 0 Å². The van der Waals surface area contributed by atoms with Crippen molar-refractivity contribution in [2.75, 3.05) is 0 Å². The van der Waals surface area contributed by atoms with E-state index in [9.17, 15) is 0 Å². The smallest absolute Gasteiger partial charge is 0.135 e. The van der Waals surface area contributed by atoms with Crippen molar-refractivity contribution >= 4 is 65.6 Å². The molecule has 0 amide bonds. The van der Waals surface area contributed by atoms with Gasteiger partial charge in [-0.25, -0.2) is 0 Å². The lowest BCUT2D eigenvalue weighted by Gasteiger charge is -2.09. The third kappa shape index (κ3) is 3.60. The fraction of sp³-hybridized carbons (Fsp3) is 0.0233. The van der Waals surface area contributed by atoms with Gasteiger partial charge in [0.2, 0.25) is 0 Å². The van der Waals surface area contributed by atoms with E-state index in [1.807, 2.05) is 0 Å². The molecule has 0 aliphatic carbocycles. The number of fused-ring (bicyclic) bond motifs is 9. The minimum atomic E-state index is 0.897. The second-order valence-corrected chi connectivity index (χ2v) is 12.3. The van der Waals surface area contributed by atoms with E-state index in [2.05, 4.69) is 168 Å². The number of rotatable bonds is 3. The highest BCUT2D eigenvalue weighted by molar-refractivity contribution is 6.12. The van der Waals surface area contributed by atoms with Gasteiger partial charge in [-0.15, -0.1) is 0 Å². The molecule has 3 heteroatoms. The van der Waals surface area contributed by atoms with Crippen molar-refractivity contribution in [2.45, 2.75) is 6.92 Å². The van der Waals surface area contributed by atoms with Gasteiger partial charge in [-0.3, -0.25) is 0 Å². The first-order valence-corrected chi connectivity index (χ1v) is 15.8. The summed E-state index contributed by atoms with van der Waals surface area (Å²) in [5, 5.41) is 7.27. The number of benzene rings is 7. The molecule has 46 heavy (non-hydrogen) atoms. The van der Waals surface area contributed by atoms with Crippen LogP contribution in [0.15, 0.2) is 156 Å². The standard InChI is InChI=1S/C43H28N2O/c1-27-14-18-30(19-15-27)44-40-13-7-4-10-34(40)35-24-28(16-21-41(35)44)29-17-22-42-36(25-29)37-26-31(20-23-43(37)46-42)45-38-11-5-2-8-32(38)33-9-3-6-12-39(33)45/h2-26H,1H3. The maximum absolute atomic E-state index is 6.37. The molecule has 0 fully saturated rings. The molecule has 0 radical (unpaired) electrons. The number of hydrogen-bond acceptors (Lipinski definition) is 1. The van der Waals surface area contributed by atoms with Crippen LogP contribution in [0.25, 0.3) is 88.1 Å². The highest BCUT2D eigenvalue weighted by atomic mass is 16.3. The normalized spacial score (nSPS) is 12.0. The van der Waals surface area contributed by atoms with Crippen molar-refractivity contribution in [3.63, 3.8) is 0 Å². The van der Waals surface area contributed by atoms with E-state index < -0.39 is 0 Å². The third-order valence-corrected chi connectivity index (χ3v) is 9.59. The minimum absolute atomic E-state index is 0.897. The Morgan fingerprint density at radius 3 is 1.48 bits per heavy atom. The van der Waals surface area contributed by atoms with Crippen LogP contribution in [0.2, 0.25) is 0 Å². The van der Waals surface area contributed by atoms with Gasteiger partial charge in [0.15, 0.2) is 0 Å². The third-order valence-electron chi connectivity index (χ3n) is 9.59. The lowest BCUT2D eigenvalue weighted by molar-refractivity contribution is 0.669. The predicted molar refractivity (Wildman–Crippen MR) is 193 cm³/mol. The lowest BCUT2D eigenvalue weighted by atomic mass is 10.0. The second-order valence-electron chi connectivity index (χ2n) is 12.3. The molecular formula is C43H28N2O. The minimum Gasteiger partial charge on any atom is -0.456 e. The van der Waals surface area contributed by atoms with Gasteiger partial charge in [-0.05, 0) is 90.8 Å². The summed E-state index contributed by atoms with van der Waals surface area (Å²) in [6.45, 7) is 2.13. The fourth-order valence-corrected chi connectivity index (χ4v) is 7.41. The van der Waals surface area contributed by atoms with Crippen LogP contribution in [-0.2, 0) is 0 Å². The first-order chi connectivity index (χ1) is 22.7. The van der Waals surface area contributed by atoms with E-state index in [0.29, 0.717) is 0 Å². The van der Waals surface area contributed by atoms with Crippen LogP contribution >= 0.6 is 0 Å². The highest BCUT2D eigenvalue weighted by Gasteiger charge is 2.16. The number of aromatic nitrogens is 2. The summed E-state index contributed by atoms with van der Waals surface area (Å²) in [6.07, 6.45) is 0. The molecule has 10 aromatic rings. The monoisotopic (exact) mass is 588 g/mol. The summed E-state index contributed by atoms with van der Waals surface area (Å²) in [5.74, 6) is 0. The van der Waals surface area contributed by atoms with Crippen LogP contribution in [0.4, 0.5) is 0 Å². The molecular weight excluding hydrogens is 560 g/mol. The quantitative estimate of drug-likeness (QED) is 0.201. The van der Waals surface area contributed by atoms with Gasteiger partial charge in [0, 0.05) is 43.7 Å². The van der Waals surface area contributed by atoms with E-state index in [-0.39, 0.29) is 0 Å². The lowest BCUT2D eigenvalue weighted by Crippen LogP contribution is -1.93. The highest BCUT2D eigenvalue weighted by Crippen LogP contribution is 2.39. The Balaban J connectivity index is 1.16. The maximum atomic E-state index is 6.37. The van der Waals surface area contributed by atoms with Crippen LogP contribution in [-0.4, -0.2) is 9.13 Å². The number of aryl methyl sites for hydroxylation is 1. The molecule has 0 unspecified atom stereocenters. The predicted octanol–water partition coefficient (Wildman–Crippen LogP) is 11.8. The van der Waals surface area contributed by atoms with E-state index in [4.69, 9.17) is 4.42 Å². The largest absolute Gasteiger partial charge is 0.456 e. The second kappa shape index (κ2) is 9.47. The molecule has 0 saturated heterocycles. The topological polar surface area (TPSA) is 23.0 Å². The van der Waals surface area contributed by atoms with Crippen molar-refractivity contribution in [2.24, 2.45) is 0 Å². The van der Waals surface area contributed by atoms with Crippen LogP contribution in [0, 0.1) is 6.92 Å². The summed E-state index contributed by atoms with van der Waals surface area (Å²) >= 11 is 0. The van der Waals surface area contributed by atoms with Crippen molar-refractivity contribution in [3.05, 3.63) is 157 Å². The Hall–Kier alpha value is -6.06. The first-order valence-electron chi connectivity index (χ1n) is 15.8. The van der Waals surface area contributed by atoms with E-state index in [1.165, 1.54) is 66.0 Å². The van der Waals surface area contributed by atoms with Gasteiger partial charge in [0.1, 0.15) is 11.2 Å². The molecule has 7 aromatic carbocycles. The molecule has 0 spiro atoms. The van der Waals surface area contributed by atoms with Crippen molar-refractivity contribution in [3.8, 4) is 22.5 Å². The Labute approximate surface area is 265 Å². The average Bonchev–Trinajstić information content (AvgIpc) is 3.75. The van der Waals surface area contributed by atoms with E-state index in [0.717, 1.165) is 27.6 Å². The fourth-order valence-electron chi connectivity index (χ4n) is 7.41. The maximum Gasteiger partial charge on any atom is 0.135 e. The average molecular weight is 589 g/mol. The van der Waals surface area contributed by atoms with Crippen LogP contribution < -0.4 is 0 Å². The molecule has 10 rings (SSSR count). The molecule has 3 heterocycles. The molecule has 3 nitrogen and oxygen atoms in total. The molecule has 0 N–H and O–H groups in total. The molecule has 0 aliphatic heterocycles. The number of furan rings is 1. The van der Waals surface area contributed by atoms with Crippen molar-refractivity contribution < 1.29 is 4.42 Å². The SMILES string of the molecule is Cc1ccc(-n2c3ccccc3c3cc(-c4ccc5oc6ccc(-n7c8ccccc8c8ccccc87)cc6c5c4)ccc32)cc1. The number of nitrogens with zero attached hydrogens (tertiary/aromatic N) is 2. The van der Waals surface area contributed by atoms with Gasteiger partial charge in [-0.1, -0.05) is 84.4 Å². The van der Waals surface area contributed by atoms with Gasteiger partial charge >= 0.3 is 0 Å². The Morgan fingerprint density at radius 1 is 0.370 bits per heavy atom. The van der Waals surface area contributed by atoms with Crippen LogP contribution in [0.3, 0.4) is 0 Å². The zero-order valence-corrected chi connectivity index (χ0v) is 25.2. The van der Waals surface area contributed by atoms with Gasteiger partial charge in [0.05, 0.1) is 22.1 Å². The zero-order valence-electron chi connectivity index (χ0n) is 25.2. The zero-order chi connectivity index (χ0) is 30.4. The Bertz CT molecular complexity index is 2760. The summed E-state index contributed by atoms with van der Waals surface area (Å²) in [7, 11) is 0. The molecule has 0 aliphatic rings. The van der Waals surface area contributed by atoms with Gasteiger partial charge in [-0.2, -0.15) is 0 Å².